The second-order valence-electron chi connectivity index (χ2n) is 18.6. The van der Waals surface area contributed by atoms with Crippen LogP contribution in [0.4, 0.5) is 65.9 Å². The molecule has 11 rings (SSSR count). The van der Waals surface area contributed by atoms with Crippen LogP contribution in [0.3, 0.4) is 0 Å². The third kappa shape index (κ3) is 9.07. The first kappa shape index (κ1) is 52.6. The highest BCUT2D eigenvalue weighted by Crippen LogP contribution is 2.48. The monoisotopic (exact) mass is 1100 g/mol. The van der Waals surface area contributed by atoms with Gasteiger partial charge in [0.25, 0.3) is 0 Å². The minimum absolute atomic E-state index is 0.0333. The Balaban J connectivity index is 1.19. The Morgan fingerprint density at radius 2 is 0.675 bits per heavy atom. The smallest absolute Gasteiger partial charge is 0.309 e. The Kier molecular flexibility index (Phi) is 12.2. The van der Waals surface area contributed by atoms with Crippen molar-refractivity contribution in [3.05, 3.63) is 215 Å². The molecule has 0 unspecified atom stereocenters. The Hall–Kier alpha value is -9.49. The molecule has 0 spiro atoms. The normalized spacial score (nSPS) is 12.7. The van der Waals surface area contributed by atoms with Gasteiger partial charge in [-0.05, 0) is 124 Å². The van der Waals surface area contributed by atoms with Gasteiger partial charge < -0.3 is 9.13 Å². The fourth-order valence-corrected chi connectivity index (χ4v) is 10.4. The largest absolute Gasteiger partial charge is 0.417 e. The van der Waals surface area contributed by atoms with Crippen molar-refractivity contribution in [3.8, 4) is 68.0 Å². The summed E-state index contributed by atoms with van der Waals surface area (Å²) in [6.07, 6.45) is -25.4. The van der Waals surface area contributed by atoms with E-state index in [1.54, 1.807) is 81.9 Å². The minimum atomic E-state index is -5.23. The number of halogens is 15. The Bertz CT molecular complexity index is 4440. The van der Waals surface area contributed by atoms with Gasteiger partial charge in [0.2, 0.25) is 0 Å². The molecule has 0 amide bonds. The van der Waals surface area contributed by atoms with Gasteiger partial charge in [0.15, 0.2) is 0 Å². The van der Waals surface area contributed by atoms with E-state index in [1.807, 2.05) is 6.07 Å². The number of rotatable bonds is 6. The van der Waals surface area contributed by atoms with E-state index < -0.39 is 69.8 Å². The van der Waals surface area contributed by atoms with Crippen LogP contribution in [0.25, 0.3) is 99.5 Å². The van der Waals surface area contributed by atoms with E-state index >= 15 is 0 Å². The Morgan fingerprint density at radius 1 is 0.300 bits per heavy atom. The molecule has 0 saturated carbocycles. The summed E-state index contributed by atoms with van der Waals surface area (Å²) in [7, 11) is 0. The molecule has 11 aromatic rings. The second kappa shape index (κ2) is 18.6. The lowest BCUT2D eigenvalue weighted by atomic mass is 9.93. The van der Waals surface area contributed by atoms with Crippen LogP contribution in [0.15, 0.2) is 176 Å². The molecule has 398 valence electrons. The molecular weight excluding hydrogens is 1070 g/mol. The van der Waals surface area contributed by atoms with Gasteiger partial charge in [0, 0.05) is 32.7 Å². The first-order chi connectivity index (χ1) is 37.7. The summed E-state index contributed by atoms with van der Waals surface area (Å²) in [4.78, 5) is 0. The first-order valence-corrected chi connectivity index (χ1v) is 23.7. The molecule has 0 fully saturated rings. The highest BCUT2D eigenvalue weighted by atomic mass is 19.4. The molecule has 2 aromatic heterocycles. The Labute approximate surface area is 441 Å². The zero-order valence-electron chi connectivity index (χ0n) is 40.2. The van der Waals surface area contributed by atoms with Gasteiger partial charge in [-0.3, -0.25) is 0 Å². The minimum Gasteiger partial charge on any atom is -0.309 e. The van der Waals surface area contributed by atoms with Gasteiger partial charge in [-0.25, -0.2) is 0 Å². The predicted molar refractivity (Wildman–Crippen MR) is 271 cm³/mol. The quantitative estimate of drug-likeness (QED) is 0.156. The van der Waals surface area contributed by atoms with E-state index in [1.165, 1.54) is 48.5 Å². The number of nitrogens with zero attached hydrogens (tertiary/aromatic N) is 4. The number of hydrogen-bond donors (Lipinski definition) is 0. The molecule has 0 aliphatic rings. The summed E-state index contributed by atoms with van der Waals surface area (Å²) < 4.78 is 215. The summed E-state index contributed by atoms with van der Waals surface area (Å²) in [5, 5.41) is 22.2. The van der Waals surface area contributed by atoms with Crippen molar-refractivity contribution in [3.63, 3.8) is 0 Å². The number of benzene rings is 9. The molecule has 9 aromatic carbocycles. The van der Waals surface area contributed by atoms with E-state index in [2.05, 4.69) is 6.07 Å². The molecule has 0 bridgehead atoms. The summed E-state index contributed by atoms with van der Waals surface area (Å²) in [5.74, 6) is 0. The number of hydrogen-bond acceptors (Lipinski definition) is 2. The number of fused-ring (bicyclic) bond motifs is 6. The average Bonchev–Trinajstić information content (AvgIpc) is 4.17. The van der Waals surface area contributed by atoms with Crippen LogP contribution in [-0.4, -0.2) is 9.13 Å². The topological polar surface area (TPSA) is 57.4 Å². The van der Waals surface area contributed by atoms with Crippen LogP contribution < -0.4 is 0 Å². The summed E-state index contributed by atoms with van der Waals surface area (Å²) in [6, 6.07) is 40.3. The molecule has 2 heterocycles. The van der Waals surface area contributed by atoms with Gasteiger partial charge in [-0.15, -0.1) is 0 Å². The highest BCUT2D eigenvalue weighted by molar-refractivity contribution is 6.13. The number of nitriles is 2. The predicted octanol–water partition coefficient (Wildman–Crippen LogP) is 19.4. The number of para-hydroxylation sites is 2. The van der Waals surface area contributed by atoms with Crippen LogP contribution in [0.2, 0.25) is 0 Å². The lowest BCUT2D eigenvalue weighted by molar-refractivity contribution is -0.144. The molecule has 4 nitrogen and oxygen atoms in total. The molecule has 0 atom stereocenters. The zero-order valence-corrected chi connectivity index (χ0v) is 40.2. The standard InChI is InChI=1S/C61H29F15N4/c62-57(63,64)37-13-18-40(36(24-37)31-78)35-10-17-46(56(27-35)80-52-8-4-2-6-44(52)48-26-34(12-22-54(48)80)42-20-15-39(59(68,69)70)29-50(42)61(74,75)76)45-16-9-32(30-77)23-55(45)79-51-7-3-1-5-43(51)47-25-33(11-21-53(47)79)41-19-14-38(58(65,66)67)28-49(41)60(71,72)73/h1-29H. The van der Waals surface area contributed by atoms with Crippen molar-refractivity contribution >= 4 is 43.6 Å². The van der Waals surface area contributed by atoms with Crippen molar-refractivity contribution in [1.29, 1.82) is 10.5 Å². The maximum absolute atomic E-state index is 14.6. The van der Waals surface area contributed by atoms with Gasteiger partial charge in [-0.1, -0.05) is 84.9 Å². The van der Waals surface area contributed by atoms with E-state index in [-0.39, 0.29) is 51.2 Å². The van der Waals surface area contributed by atoms with Gasteiger partial charge in [0.1, 0.15) is 0 Å². The molecule has 19 heteroatoms. The fraction of sp³-hybridized carbons (Fsp3) is 0.0820. The molecule has 0 aliphatic carbocycles. The van der Waals surface area contributed by atoms with Crippen molar-refractivity contribution in [2.45, 2.75) is 30.9 Å². The SMILES string of the molecule is N#Cc1ccc(-c2ccc(-c3ccc(C(F)(F)F)cc3C#N)cc2-n2c3ccccc3c3cc(-c4ccc(C(F)(F)F)cc4C(F)(F)F)ccc32)c(-n2c3ccccc3c3cc(-c4ccc(C(F)(F)F)cc4C(F)(F)F)ccc32)c1. The van der Waals surface area contributed by atoms with Gasteiger partial charge in [-0.2, -0.15) is 76.4 Å². The summed E-state index contributed by atoms with van der Waals surface area (Å²) in [5.41, 5.74) is -5.62. The van der Waals surface area contributed by atoms with E-state index in [0.29, 0.717) is 78.6 Å². The zero-order chi connectivity index (χ0) is 57.0. The van der Waals surface area contributed by atoms with Gasteiger partial charge in [0.05, 0.1) is 84.5 Å². The molecule has 0 aliphatic heterocycles. The maximum atomic E-state index is 14.6. The van der Waals surface area contributed by atoms with Crippen molar-refractivity contribution in [2.75, 3.05) is 0 Å². The van der Waals surface area contributed by atoms with Crippen LogP contribution in [-0.2, 0) is 30.9 Å². The lowest BCUT2D eigenvalue weighted by Gasteiger charge is -2.20. The van der Waals surface area contributed by atoms with Crippen molar-refractivity contribution in [2.24, 2.45) is 0 Å². The molecule has 0 saturated heterocycles. The summed E-state index contributed by atoms with van der Waals surface area (Å²) in [6.45, 7) is 0. The third-order valence-electron chi connectivity index (χ3n) is 13.9. The van der Waals surface area contributed by atoms with E-state index in [4.69, 9.17) is 0 Å². The van der Waals surface area contributed by atoms with Gasteiger partial charge >= 0.3 is 30.9 Å². The highest BCUT2D eigenvalue weighted by Gasteiger charge is 2.40. The average molecular weight is 1100 g/mol. The van der Waals surface area contributed by atoms with Crippen molar-refractivity contribution in [1.82, 2.24) is 9.13 Å². The van der Waals surface area contributed by atoms with Crippen molar-refractivity contribution < 1.29 is 65.9 Å². The van der Waals surface area contributed by atoms with Crippen LogP contribution >= 0.6 is 0 Å². The first-order valence-electron chi connectivity index (χ1n) is 23.7. The van der Waals surface area contributed by atoms with E-state index in [0.717, 1.165) is 24.3 Å². The maximum Gasteiger partial charge on any atom is 0.417 e. The van der Waals surface area contributed by atoms with Crippen LogP contribution in [0.1, 0.15) is 38.9 Å². The van der Waals surface area contributed by atoms with Crippen LogP contribution in [0, 0.1) is 22.7 Å². The second-order valence-corrected chi connectivity index (χ2v) is 18.6. The lowest BCUT2D eigenvalue weighted by Crippen LogP contribution is -2.12. The molecule has 80 heavy (non-hydrogen) atoms. The third-order valence-corrected chi connectivity index (χ3v) is 13.9. The molecule has 0 N–H and O–H groups in total. The fourth-order valence-electron chi connectivity index (χ4n) is 10.4. The molecule has 0 radical (unpaired) electrons. The number of alkyl halides is 15. The Morgan fingerprint density at radius 3 is 1.11 bits per heavy atom. The number of aromatic nitrogens is 2. The summed E-state index contributed by atoms with van der Waals surface area (Å²) >= 11 is 0. The van der Waals surface area contributed by atoms with Crippen LogP contribution in [0.5, 0.6) is 0 Å². The van der Waals surface area contributed by atoms with E-state index in [9.17, 15) is 76.4 Å². The molecular formula is C61H29F15N4.